The lowest BCUT2D eigenvalue weighted by Crippen LogP contribution is -2.31. The van der Waals surface area contributed by atoms with E-state index in [-0.39, 0.29) is 10.5 Å². The van der Waals surface area contributed by atoms with Gasteiger partial charge in [0.1, 0.15) is 12.4 Å². The summed E-state index contributed by atoms with van der Waals surface area (Å²) in [6.07, 6.45) is 0. The number of ether oxygens (including phenoxy) is 1. The van der Waals surface area contributed by atoms with E-state index in [1.54, 1.807) is 12.1 Å². The van der Waals surface area contributed by atoms with Crippen LogP contribution in [-0.2, 0) is 19.6 Å². The summed E-state index contributed by atoms with van der Waals surface area (Å²) in [5.41, 5.74) is 0.189. The van der Waals surface area contributed by atoms with Gasteiger partial charge in [-0.25, -0.2) is 12.8 Å². The summed E-state index contributed by atoms with van der Waals surface area (Å²) in [5.74, 6) is -1.91. The van der Waals surface area contributed by atoms with Crippen molar-refractivity contribution < 1.29 is 27.1 Å². The zero-order valence-corrected chi connectivity index (χ0v) is 15.7. The second kappa shape index (κ2) is 8.50. The molecule has 0 aromatic heterocycles. The van der Waals surface area contributed by atoms with Crippen LogP contribution in [0.15, 0.2) is 53.4 Å². The average Bonchev–Trinajstić information content (AvgIpc) is 2.59. The molecule has 2 rings (SSSR count). The summed E-state index contributed by atoms with van der Waals surface area (Å²) in [7, 11) is -3.85. The van der Waals surface area contributed by atoms with Crippen LogP contribution in [0.3, 0.4) is 0 Å². The Bertz CT molecular complexity index is 866. The smallest absolute Gasteiger partial charge is 0.321 e. The lowest BCUT2D eigenvalue weighted by molar-refractivity contribution is -0.141. The first-order chi connectivity index (χ1) is 11.8. The van der Waals surface area contributed by atoms with Gasteiger partial charge < -0.3 is 4.74 Å². The van der Waals surface area contributed by atoms with Crippen molar-refractivity contribution in [1.29, 1.82) is 0 Å². The van der Waals surface area contributed by atoms with E-state index in [4.69, 9.17) is 4.74 Å². The number of ketones is 1. The van der Waals surface area contributed by atoms with Crippen LogP contribution >= 0.6 is 22.6 Å². The number of carbonyl (C=O) groups excluding carboxylic acids is 2. The van der Waals surface area contributed by atoms with E-state index in [1.165, 1.54) is 24.3 Å². The second-order valence-electron chi connectivity index (χ2n) is 4.87. The van der Waals surface area contributed by atoms with Crippen LogP contribution in [-0.4, -0.2) is 33.3 Å². The predicted octanol–water partition coefficient (Wildman–Crippen LogP) is 2.13. The van der Waals surface area contributed by atoms with Gasteiger partial charge in [0.05, 0.1) is 4.90 Å². The van der Waals surface area contributed by atoms with Gasteiger partial charge in [0.2, 0.25) is 10.0 Å². The van der Waals surface area contributed by atoms with Crippen molar-refractivity contribution in [2.75, 3.05) is 13.2 Å². The van der Waals surface area contributed by atoms with Gasteiger partial charge >= 0.3 is 5.97 Å². The third kappa shape index (κ3) is 5.87. The zero-order valence-electron chi connectivity index (χ0n) is 12.7. The molecule has 0 heterocycles. The molecule has 1 N–H and O–H groups in total. The van der Waals surface area contributed by atoms with Gasteiger partial charge in [-0.1, -0.05) is 0 Å². The third-order valence-corrected chi connectivity index (χ3v) is 5.20. The van der Waals surface area contributed by atoms with Crippen molar-refractivity contribution >= 4 is 44.4 Å². The van der Waals surface area contributed by atoms with Crippen molar-refractivity contribution in [3.8, 4) is 0 Å². The van der Waals surface area contributed by atoms with Crippen molar-refractivity contribution in [3.63, 3.8) is 0 Å². The van der Waals surface area contributed by atoms with Crippen LogP contribution < -0.4 is 4.72 Å². The number of carbonyl (C=O) groups is 2. The Morgan fingerprint density at radius 2 is 1.64 bits per heavy atom. The highest BCUT2D eigenvalue weighted by molar-refractivity contribution is 14.1. The highest BCUT2D eigenvalue weighted by atomic mass is 127. The molecule has 0 aliphatic carbocycles. The van der Waals surface area contributed by atoms with E-state index in [9.17, 15) is 22.4 Å². The van der Waals surface area contributed by atoms with Crippen LogP contribution in [0.4, 0.5) is 4.39 Å². The number of rotatable bonds is 7. The van der Waals surface area contributed by atoms with Crippen molar-refractivity contribution in [1.82, 2.24) is 4.72 Å². The second-order valence-corrected chi connectivity index (χ2v) is 7.88. The maximum Gasteiger partial charge on any atom is 0.321 e. The lowest BCUT2D eigenvalue weighted by atomic mass is 10.1. The van der Waals surface area contributed by atoms with Gasteiger partial charge in [-0.3, -0.25) is 9.59 Å². The summed E-state index contributed by atoms with van der Waals surface area (Å²) < 4.78 is 44.5. The Balaban J connectivity index is 1.85. The molecule has 0 atom stereocenters. The maximum atomic E-state index is 12.8. The number of Topliss-reactive ketones (excluding diaryl/α,β-unsaturated/α-hetero) is 1. The molecule has 25 heavy (non-hydrogen) atoms. The molecular weight excluding hydrogens is 464 g/mol. The Kier molecular flexibility index (Phi) is 6.62. The molecule has 6 nitrogen and oxygen atoms in total. The molecule has 9 heteroatoms. The number of nitrogens with one attached hydrogen (secondary N) is 1. The normalized spacial score (nSPS) is 11.1. The van der Waals surface area contributed by atoms with Crippen LogP contribution in [0.25, 0.3) is 0 Å². The minimum atomic E-state index is -3.85. The molecule has 132 valence electrons. The van der Waals surface area contributed by atoms with Crippen LogP contribution in [0.5, 0.6) is 0 Å². The van der Waals surface area contributed by atoms with Gasteiger partial charge in [0.25, 0.3) is 0 Å². The number of benzene rings is 2. The fourth-order valence-corrected chi connectivity index (χ4v) is 3.10. The first-order valence-corrected chi connectivity index (χ1v) is 9.54. The minimum absolute atomic E-state index is 0.0168. The summed E-state index contributed by atoms with van der Waals surface area (Å²) in [6, 6.07) is 10.8. The Labute approximate surface area is 157 Å². The number of hydrogen-bond donors (Lipinski definition) is 1. The molecule has 0 fully saturated rings. The van der Waals surface area contributed by atoms with Crippen LogP contribution in [0.2, 0.25) is 0 Å². The average molecular weight is 477 g/mol. The molecule has 0 spiro atoms. The first-order valence-electron chi connectivity index (χ1n) is 6.97. The number of hydrogen-bond acceptors (Lipinski definition) is 5. The van der Waals surface area contributed by atoms with Gasteiger partial charge in [0.15, 0.2) is 12.4 Å². The van der Waals surface area contributed by atoms with E-state index in [0.717, 1.165) is 15.7 Å². The Morgan fingerprint density at radius 1 is 1.04 bits per heavy atom. The van der Waals surface area contributed by atoms with Crippen molar-refractivity contribution in [2.45, 2.75) is 4.90 Å². The predicted molar refractivity (Wildman–Crippen MR) is 96.0 cm³/mol. The molecule has 2 aromatic carbocycles. The van der Waals surface area contributed by atoms with E-state index >= 15 is 0 Å². The lowest BCUT2D eigenvalue weighted by Gasteiger charge is -2.07. The third-order valence-electron chi connectivity index (χ3n) is 3.06. The molecule has 0 saturated carbocycles. The van der Waals surface area contributed by atoms with Crippen LogP contribution in [0, 0.1) is 9.39 Å². The van der Waals surface area contributed by atoms with Crippen LogP contribution in [0.1, 0.15) is 10.4 Å². The standard InChI is InChI=1S/C16H13FINO5S/c17-12-3-1-11(2-4-12)15(20)10-24-16(21)9-19-25(22,23)14-7-5-13(18)6-8-14/h1-8,19H,9-10H2. The maximum absolute atomic E-state index is 12.8. The summed E-state index contributed by atoms with van der Waals surface area (Å²) in [5, 5.41) is 0. The molecule has 0 bridgehead atoms. The summed E-state index contributed by atoms with van der Waals surface area (Å²) >= 11 is 2.04. The molecule has 0 amide bonds. The number of esters is 1. The summed E-state index contributed by atoms with van der Waals surface area (Å²) in [6.45, 7) is -1.17. The Morgan fingerprint density at radius 3 is 2.24 bits per heavy atom. The van der Waals surface area contributed by atoms with Gasteiger partial charge in [-0.2, -0.15) is 4.72 Å². The SMILES string of the molecule is O=C(CNS(=O)(=O)c1ccc(I)cc1)OCC(=O)c1ccc(F)cc1. The van der Waals surface area contributed by atoms with Gasteiger partial charge in [-0.05, 0) is 71.1 Å². The quantitative estimate of drug-likeness (QED) is 0.375. The Hall–Kier alpha value is -1.85. The molecule has 0 saturated heterocycles. The number of sulfonamides is 1. The summed E-state index contributed by atoms with van der Waals surface area (Å²) in [4.78, 5) is 23.4. The molecule has 0 unspecified atom stereocenters. The van der Waals surface area contributed by atoms with E-state index in [2.05, 4.69) is 4.72 Å². The van der Waals surface area contributed by atoms with Gasteiger partial charge in [-0.15, -0.1) is 0 Å². The number of halogens is 2. The van der Waals surface area contributed by atoms with E-state index in [0.29, 0.717) is 0 Å². The van der Waals surface area contributed by atoms with E-state index < -0.39 is 40.7 Å². The topological polar surface area (TPSA) is 89.5 Å². The molecular formula is C16H13FINO5S. The molecule has 0 aliphatic rings. The largest absolute Gasteiger partial charge is 0.456 e. The fourth-order valence-electron chi connectivity index (χ4n) is 1.77. The highest BCUT2D eigenvalue weighted by Crippen LogP contribution is 2.11. The van der Waals surface area contributed by atoms with Gasteiger partial charge in [0, 0.05) is 9.13 Å². The molecule has 0 aliphatic heterocycles. The first kappa shape index (κ1) is 19.5. The van der Waals surface area contributed by atoms with Crippen molar-refractivity contribution in [2.24, 2.45) is 0 Å². The fraction of sp³-hybridized carbons (Fsp3) is 0.125. The highest BCUT2D eigenvalue weighted by Gasteiger charge is 2.17. The zero-order chi connectivity index (χ0) is 18.4. The minimum Gasteiger partial charge on any atom is -0.456 e. The van der Waals surface area contributed by atoms with E-state index in [1.807, 2.05) is 22.6 Å². The monoisotopic (exact) mass is 477 g/mol. The molecule has 2 aromatic rings. The van der Waals surface area contributed by atoms with Crippen molar-refractivity contribution in [3.05, 3.63) is 63.5 Å². The molecule has 0 radical (unpaired) electrons.